The molecule has 3 aromatic rings. The third-order valence-electron chi connectivity index (χ3n) is 6.71. The molecule has 1 aromatic carbocycles. The van der Waals surface area contributed by atoms with Crippen molar-refractivity contribution in [3.8, 4) is 6.07 Å². The molecule has 8 nitrogen and oxygen atoms in total. The number of rotatable bonds is 5. The largest absolute Gasteiger partial charge is 0.342 e. The Bertz CT molecular complexity index is 1350. The predicted octanol–water partition coefficient (Wildman–Crippen LogP) is 3.17. The van der Waals surface area contributed by atoms with Crippen LogP contribution in [0.15, 0.2) is 34.4 Å². The average Bonchev–Trinajstić information content (AvgIpc) is 3.53. The van der Waals surface area contributed by atoms with Gasteiger partial charge in [-0.15, -0.1) is 11.3 Å². The minimum Gasteiger partial charge on any atom is -0.342 e. The van der Waals surface area contributed by atoms with Crippen molar-refractivity contribution in [1.82, 2.24) is 14.5 Å². The molecule has 0 saturated carbocycles. The summed E-state index contributed by atoms with van der Waals surface area (Å²) in [4.78, 5) is 47.1. The van der Waals surface area contributed by atoms with E-state index in [-0.39, 0.29) is 18.0 Å². The van der Waals surface area contributed by atoms with Crippen LogP contribution in [0.2, 0.25) is 0 Å². The number of likely N-dealkylation sites (tertiary alicyclic amines) is 1. The number of amides is 1. The second-order valence-electron chi connectivity index (χ2n) is 8.79. The number of nitrogens with zero attached hydrogens (tertiary/aromatic N) is 5. The summed E-state index contributed by atoms with van der Waals surface area (Å²) in [5.74, 6) is 0.288. The monoisotopic (exact) mass is 475 g/mol. The van der Waals surface area contributed by atoms with E-state index in [4.69, 9.17) is 4.98 Å². The van der Waals surface area contributed by atoms with Crippen LogP contribution < -0.4 is 10.5 Å². The molecule has 1 unspecified atom stereocenters. The number of carbonyl (C=O) groups is 2. The van der Waals surface area contributed by atoms with E-state index in [0.29, 0.717) is 40.3 Å². The first-order valence-corrected chi connectivity index (χ1v) is 12.5. The zero-order valence-corrected chi connectivity index (χ0v) is 19.6. The number of carbonyl (C=O) groups excluding carboxylic acids is 2. The van der Waals surface area contributed by atoms with Gasteiger partial charge in [-0.1, -0.05) is 18.2 Å². The van der Waals surface area contributed by atoms with Gasteiger partial charge in [0.15, 0.2) is 0 Å². The smallest absolute Gasteiger partial charge is 0.273 e. The van der Waals surface area contributed by atoms with Crippen molar-refractivity contribution in [3.05, 3.63) is 56.7 Å². The van der Waals surface area contributed by atoms with Gasteiger partial charge in [0.25, 0.3) is 11.5 Å². The Morgan fingerprint density at radius 2 is 1.97 bits per heavy atom. The molecule has 9 heteroatoms. The average molecular weight is 476 g/mol. The standard InChI is InChI=1S/C25H25N5O3S/c26-13-17-7-2-3-8-18(17)14-30-24(33)22-21(27-25(30)28-10-4-1-5-11-28)20(16-34-22)23(32)29-12-6-9-19(29)15-31/h2-3,7-8,15-16,19H,1,4-6,9-12,14H2. The zero-order valence-electron chi connectivity index (χ0n) is 18.8. The van der Waals surface area contributed by atoms with Crippen LogP contribution in [-0.2, 0) is 11.3 Å². The van der Waals surface area contributed by atoms with Gasteiger partial charge in [0, 0.05) is 25.0 Å². The highest BCUT2D eigenvalue weighted by atomic mass is 32.1. The fraction of sp³-hybridized carbons (Fsp3) is 0.400. The molecule has 0 radical (unpaired) electrons. The Balaban J connectivity index is 1.64. The van der Waals surface area contributed by atoms with Crippen LogP contribution in [0.1, 0.15) is 53.6 Å². The second kappa shape index (κ2) is 9.39. The Hall–Kier alpha value is -3.51. The van der Waals surface area contributed by atoms with Crippen molar-refractivity contribution in [2.75, 3.05) is 24.5 Å². The third kappa shape index (κ3) is 3.88. The van der Waals surface area contributed by atoms with Gasteiger partial charge in [0.1, 0.15) is 16.5 Å². The van der Waals surface area contributed by atoms with Gasteiger partial charge in [0.05, 0.1) is 29.8 Å². The van der Waals surface area contributed by atoms with Crippen molar-refractivity contribution in [2.24, 2.45) is 0 Å². The minimum atomic E-state index is -0.424. The van der Waals surface area contributed by atoms with Gasteiger partial charge in [-0.2, -0.15) is 5.26 Å². The Morgan fingerprint density at radius 1 is 1.18 bits per heavy atom. The summed E-state index contributed by atoms with van der Waals surface area (Å²) in [5, 5.41) is 11.2. The lowest BCUT2D eigenvalue weighted by molar-refractivity contribution is -0.111. The number of nitriles is 1. The number of aldehydes is 1. The van der Waals surface area contributed by atoms with Crippen molar-refractivity contribution in [1.29, 1.82) is 5.26 Å². The van der Waals surface area contributed by atoms with Crippen LogP contribution in [-0.4, -0.2) is 52.3 Å². The van der Waals surface area contributed by atoms with E-state index in [2.05, 4.69) is 11.0 Å². The Labute approximate surface area is 201 Å². The second-order valence-corrected chi connectivity index (χ2v) is 9.67. The summed E-state index contributed by atoms with van der Waals surface area (Å²) < 4.78 is 2.05. The lowest BCUT2D eigenvalue weighted by atomic mass is 10.1. The highest BCUT2D eigenvalue weighted by molar-refractivity contribution is 7.17. The lowest BCUT2D eigenvalue weighted by Crippen LogP contribution is -2.37. The molecule has 1 amide bonds. The van der Waals surface area contributed by atoms with E-state index >= 15 is 0 Å². The number of aromatic nitrogens is 2. The van der Waals surface area contributed by atoms with Crippen molar-refractivity contribution < 1.29 is 9.59 Å². The molecule has 2 saturated heterocycles. The molecular weight excluding hydrogens is 450 g/mol. The lowest BCUT2D eigenvalue weighted by Gasteiger charge is -2.30. The van der Waals surface area contributed by atoms with Gasteiger partial charge in [0.2, 0.25) is 5.95 Å². The topological polar surface area (TPSA) is 99.3 Å². The summed E-state index contributed by atoms with van der Waals surface area (Å²) in [5.41, 5.74) is 1.85. The zero-order chi connectivity index (χ0) is 23.7. The van der Waals surface area contributed by atoms with E-state index < -0.39 is 6.04 Å². The van der Waals surface area contributed by atoms with Crippen LogP contribution >= 0.6 is 11.3 Å². The maximum atomic E-state index is 13.7. The summed E-state index contributed by atoms with van der Waals surface area (Å²) in [6.07, 6.45) is 5.42. The maximum Gasteiger partial charge on any atom is 0.273 e. The number of anilines is 1. The molecule has 5 rings (SSSR count). The first kappa shape index (κ1) is 22.3. The number of fused-ring (bicyclic) bond motifs is 1. The highest BCUT2D eigenvalue weighted by Gasteiger charge is 2.32. The molecule has 2 aliphatic rings. The van der Waals surface area contributed by atoms with E-state index in [9.17, 15) is 19.6 Å². The fourth-order valence-electron chi connectivity index (χ4n) is 4.90. The van der Waals surface area contributed by atoms with Gasteiger partial charge in [-0.3, -0.25) is 14.2 Å². The quantitative estimate of drug-likeness (QED) is 0.526. The van der Waals surface area contributed by atoms with Crippen molar-refractivity contribution in [2.45, 2.75) is 44.7 Å². The molecular formula is C25H25N5O3S. The van der Waals surface area contributed by atoms with Gasteiger partial charge < -0.3 is 14.6 Å². The van der Waals surface area contributed by atoms with E-state index in [1.807, 2.05) is 12.1 Å². The normalized spacial score (nSPS) is 18.3. The van der Waals surface area contributed by atoms with Crippen LogP contribution in [0, 0.1) is 11.3 Å². The van der Waals surface area contributed by atoms with Crippen LogP contribution in [0.25, 0.3) is 10.2 Å². The fourth-order valence-corrected chi connectivity index (χ4v) is 5.82. The van der Waals surface area contributed by atoms with Gasteiger partial charge in [-0.05, 0) is 43.7 Å². The van der Waals surface area contributed by atoms with Crippen molar-refractivity contribution >= 4 is 39.7 Å². The maximum absolute atomic E-state index is 13.7. The molecule has 1 atom stereocenters. The number of benzene rings is 1. The number of hydrogen-bond acceptors (Lipinski definition) is 7. The first-order valence-electron chi connectivity index (χ1n) is 11.6. The van der Waals surface area contributed by atoms with Crippen molar-refractivity contribution in [3.63, 3.8) is 0 Å². The van der Waals surface area contributed by atoms with Crippen LogP contribution in [0.5, 0.6) is 0 Å². The molecule has 2 fully saturated rings. The summed E-state index contributed by atoms with van der Waals surface area (Å²) in [6.45, 7) is 2.33. The molecule has 174 valence electrons. The molecule has 34 heavy (non-hydrogen) atoms. The van der Waals surface area contributed by atoms with Crippen LogP contribution in [0.3, 0.4) is 0 Å². The third-order valence-corrected chi connectivity index (χ3v) is 7.67. The Morgan fingerprint density at radius 3 is 2.74 bits per heavy atom. The van der Waals surface area contributed by atoms with Gasteiger partial charge in [-0.25, -0.2) is 4.98 Å². The highest BCUT2D eigenvalue weighted by Crippen LogP contribution is 2.29. The molecule has 4 heterocycles. The molecule has 0 aliphatic carbocycles. The number of piperidine rings is 1. The SMILES string of the molecule is N#Cc1ccccc1Cn1c(N2CCCCC2)nc2c(C(=O)N3CCCC3C=O)csc2c1=O. The summed E-state index contributed by atoms with van der Waals surface area (Å²) >= 11 is 1.21. The number of thiophene rings is 1. The van der Waals surface area contributed by atoms with Crippen LogP contribution in [0.4, 0.5) is 5.95 Å². The minimum absolute atomic E-state index is 0.212. The first-order chi connectivity index (χ1) is 16.6. The van der Waals surface area contributed by atoms with Gasteiger partial charge >= 0.3 is 0 Å². The molecule has 0 N–H and O–H groups in total. The molecule has 2 aromatic heterocycles. The molecule has 0 bridgehead atoms. The molecule has 0 spiro atoms. The summed E-state index contributed by atoms with van der Waals surface area (Å²) in [6, 6.07) is 9.04. The van der Waals surface area contributed by atoms with E-state index in [1.54, 1.807) is 27.0 Å². The van der Waals surface area contributed by atoms with E-state index in [1.165, 1.54) is 11.3 Å². The molecule has 2 aliphatic heterocycles. The predicted molar refractivity (Wildman–Crippen MR) is 130 cm³/mol. The Kier molecular flexibility index (Phi) is 6.16. The number of hydrogen-bond donors (Lipinski definition) is 0. The summed E-state index contributed by atoms with van der Waals surface area (Å²) in [7, 11) is 0. The van der Waals surface area contributed by atoms with E-state index in [0.717, 1.165) is 50.6 Å².